The molecule has 0 radical (unpaired) electrons. The number of aliphatic carboxylic acids is 1. The van der Waals surface area contributed by atoms with Gasteiger partial charge in [-0.1, -0.05) is 19.9 Å². The van der Waals surface area contributed by atoms with Gasteiger partial charge in [0.05, 0.1) is 0 Å². The van der Waals surface area contributed by atoms with E-state index >= 15 is 0 Å². The Morgan fingerprint density at radius 2 is 1.80 bits per heavy atom. The maximum Gasteiger partial charge on any atom is 0.341 e. The van der Waals surface area contributed by atoms with E-state index in [-0.39, 0.29) is 17.5 Å². The number of ether oxygens (including phenoxy) is 1. The van der Waals surface area contributed by atoms with E-state index in [4.69, 9.17) is 9.84 Å². The van der Waals surface area contributed by atoms with Crippen LogP contribution >= 0.6 is 0 Å². The van der Waals surface area contributed by atoms with Crippen LogP contribution in [0.5, 0.6) is 11.5 Å². The van der Waals surface area contributed by atoms with Crippen molar-refractivity contribution in [1.29, 1.82) is 0 Å². The molecule has 4 nitrogen and oxygen atoms in total. The summed E-state index contributed by atoms with van der Waals surface area (Å²) in [5, 5.41) is 18.6. The predicted octanol–water partition coefficient (Wildman–Crippen LogP) is 4.33. The predicted molar refractivity (Wildman–Crippen MR) is 94.0 cm³/mol. The molecule has 25 heavy (non-hydrogen) atoms. The number of aromatic hydroxyl groups is 1. The van der Waals surface area contributed by atoms with Gasteiger partial charge in [0.15, 0.2) is 6.61 Å². The van der Waals surface area contributed by atoms with Gasteiger partial charge in [-0.2, -0.15) is 0 Å². The van der Waals surface area contributed by atoms with Gasteiger partial charge in [0.25, 0.3) is 0 Å². The number of hydrogen-bond donors (Lipinski definition) is 2. The lowest BCUT2D eigenvalue weighted by Gasteiger charge is -2.16. The zero-order chi connectivity index (χ0) is 18.7. The lowest BCUT2D eigenvalue weighted by Crippen LogP contribution is -2.10. The number of carboxylic acids is 1. The zero-order valence-electron chi connectivity index (χ0n) is 14.9. The number of carboxylic acid groups (broad SMARTS) is 1. The maximum atomic E-state index is 14.8. The summed E-state index contributed by atoms with van der Waals surface area (Å²) in [5.74, 6) is -1.07. The van der Waals surface area contributed by atoms with Crippen LogP contribution in [-0.4, -0.2) is 22.8 Å². The molecule has 0 heterocycles. The van der Waals surface area contributed by atoms with E-state index in [0.29, 0.717) is 23.3 Å². The highest BCUT2D eigenvalue weighted by Gasteiger charge is 2.17. The molecule has 5 heteroatoms. The normalized spacial score (nSPS) is 11.0. The quantitative estimate of drug-likeness (QED) is 0.817. The zero-order valence-corrected chi connectivity index (χ0v) is 14.9. The first-order chi connectivity index (χ1) is 11.7. The van der Waals surface area contributed by atoms with Crippen molar-refractivity contribution in [3.05, 3.63) is 57.9 Å². The smallest absolute Gasteiger partial charge is 0.341 e. The number of phenols is 1. The van der Waals surface area contributed by atoms with Gasteiger partial charge < -0.3 is 14.9 Å². The van der Waals surface area contributed by atoms with E-state index in [2.05, 4.69) is 0 Å². The van der Waals surface area contributed by atoms with Crippen LogP contribution in [0.3, 0.4) is 0 Å². The Morgan fingerprint density at radius 3 is 2.32 bits per heavy atom. The number of rotatable bonds is 6. The largest absolute Gasteiger partial charge is 0.508 e. The van der Waals surface area contributed by atoms with Crippen LogP contribution in [-0.2, 0) is 11.2 Å². The average molecular weight is 346 g/mol. The highest BCUT2D eigenvalue weighted by atomic mass is 19.1. The fraction of sp³-hybridized carbons (Fsp3) is 0.350. The Bertz CT molecular complexity index is 774. The first-order valence-electron chi connectivity index (χ1n) is 8.15. The van der Waals surface area contributed by atoms with E-state index in [1.54, 1.807) is 18.2 Å². The van der Waals surface area contributed by atoms with Crippen molar-refractivity contribution in [2.45, 2.75) is 40.0 Å². The van der Waals surface area contributed by atoms with Crippen molar-refractivity contribution in [3.8, 4) is 11.5 Å². The third-order valence-corrected chi connectivity index (χ3v) is 4.21. The van der Waals surface area contributed by atoms with Crippen LogP contribution in [0.25, 0.3) is 0 Å². The number of halogens is 1. The van der Waals surface area contributed by atoms with Gasteiger partial charge >= 0.3 is 5.97 Å². The topological polar surface area (TPSA) is 66.8 Å². The highest BCUT2D eigenvalue weighted by molar-refractivity contribution is 5.68. The summed E-state index contributed by atoms with van der Waals surface area (Å²) in [6, 6.07) is 6.65. The molecule has 2 N–H and O–H groups in total. The summed E-state index contributed by atoms with van der Waals surface area (Å²) < 4.78 is 20.0. The lowest BCUT2D eigenvalue weighted by atomic mass is 9.92. The number of benzene rings is 2. The maximum absolute atomic E-state index is 14.8. The van der Waals surface area contributed by atoms with Crippen LogP contribution in [0, 0.1) is 19.7 Å². The SMILES string of the molecule is Cc1cc(OCC(=O)O)cc(C)c1Cc1ccc(O)c(C(C)C)c1F. The number of aryl methyl sites for hydroxylation is 2. The molecule has 0 unspecified atom stereocenters. The van der Waals surface area contributed by atoms with Gasteiger partial charge in [-0.05, 0) is 60.2 Å². The lowest BCUT2D eigenvalue weighted by molar-refractivity contribution is -0.139. The second-order valence-corrected chi connectivity index (χ2v) is 6.52. The molecule has 134 valence electrons. The molecule has 0 saturated heterocycles. The van der Waals surface area contributed by atoms with Crippen LogP contribution < -0.4 is 4.74 Å². The summed E-state index contributed by atoms with van der Waals surface area (Å²) in [5.41, 5.74) is 3.61. The molecular formula is C20H23FO4. The summed E-state index contributed by atoms with van der Waals surface area (Å²) in [7, 11) is 0. The number of carbonyl (C=O) groups is 1. The Labute approximate surface area is 146 Å². The summed E-state index contributed by atoms with van der Waals surface area (Å²) in [6.07, 6.45) is 0.392. The van der Waals surface area contributed by atoms with E-state index in [0.717, 1.165) is 16.7 Å². The molecule has 0 amide bonds. The second kappa shape index (κ2) is 7.55. The third-order valence-electron chi connectivity index (χ3n) is 4.21. The minimum absolute atomic E-state index is 0.0258. The Balaban J connectivity index is 2.35. The standard InChI is InChI=1S/C20H23FO4/c1-11(2)19-17(22)6-5-14(20(19)21)9-16-12(3)7-15(8-13(16)4)25-10-18(23)24/h5-8,11,22H,9-10H2,1-4H3,(H,23,24). The summed E-state index contributed by atoms with van der Waals surface area (Å²) in [4.78, 5) is 10.6. The fourth-order valence-electron chi connectivity index (χ4n) is 2.96. The van der Waals surface area contributed by atoms with E-state index in [1.807, 2.05) is 27.7 Å². The molecule has 2 aromatic rings. The number of phenolic OH excluding ortho intramolecular Hbond substituents is 1. The van der Waals surface area contributed by atoms with Gasteiger partial charge in [-0.15, -0.1) is 0 Å². The van der Waals surface area contributed by atoms with Crippen molar-refractivity contribution in [2.75, 3.05) is 6.61 Å². The van der Waals surface area contributed by atoms with E-state index in [1.165, 1.54) is 6.07 Å². The second-order valence-electron chi connectivity index (χ2n) is 6.52. The van der Waals surface area contributed by atoms with Crippen molar-refractivity contribution in [3.63, 3.8) is 0 Å². The van der Waals surface area contributed by atoms with Crippen molar-refractivity contribution < 1.29 is 24.1 Å². The highest BCUT2D eigenvalue weighted by Crippen LogP contribution is 2.32. The van der Waals surface area contributed by atoms with Crippen LogP contribution in [0.1, 0.15) is 47.6 Å². The summed E-state index contributed by atoms with van der Waals surface area (Å²) >= 11 is 0. The van der Waals surface area contributed by atoms with E-state index < -0.39 is 12.6 Å². The molecular weight excluding hydrogens is 323 g/mol. The molecule has 2 rings (SSSR count). The summed E-state index contributed by atoms with van der Waals surface area (Å²) in [6.45, 7) is 7.05. The fourth-order valence-corrected chi connectivity index (χ4v) is 2.96. The minimum atomic E-state index is -1.04. The average Bonchev–Trinajstić information content (AvgIpc) is 2.50. The van der Waals surface area contributed by atoms with Crippen LogP contribution in [0.15, 0.2) is 24.3 Å². The molecule has 0 aliphatic rings. The van der Waals surface area contributed by atoms with Gasteiger partial charge in [-0.3, -0.25) is 0 Å². The molecule has 0 aliphatic carbocycles. The molecule has 0 saturated carbocycles. The van der Waals surface area contributed by atoms with Crippen LogP contribution in [0.4, 0.5) is 4.39 Å². The molecule has 2 aromatic carbocycles. The van der Waals surface area contributed by atoms with Gasteiger partial charge in [0.2, 0.25) is 0 Å². The first kappa shape index (κ1) is 18.8. The van der Waals surface area contributed by atoms with Crippen molar-refractivity contribution in [2.24, 2.45) is 0 Å². The van der Waals surface area contributed by atoms with Crippen molar-refractivity contribution >= 4 is 5.97 Å². The molecule has 0 atom stereocenters. The molecule has 0 aliphatic heterocycles. The van der Waals surface area contributed by atoms with Gasteiger partial charge in [-0.25, -0.2) is 9.18 Å². The molecule has 0 spiro atoms. The third kappa shape index (κ3) is 4.29. The molecule has 0 fully saturated rings. The Morgan fingerprint density at radius 1 is 1.20 bits per heavy atom. The van der Waals surface area contributed by atoms with Gasteiger partial charge in [0, 0.05) is 12.0 Å². The molecule has 0 bridgehead atoms. The minimum Gasteiger partial charge on any atom is -0.508 e. The Kier molecular flexibility index (Phi) is 5.67. The number of hydrogen-bond acceptors (Lipinski definition) is 3. The molecule has 0 aromatic heterocycles. The van der Waals surface area contributed by atoms with Crippen molar-refractivity contribution in [1.82, 2.24) is 0 Å². The van der Waals surface area contributed by atoms with Crippen LogP contribution in [0.2, 0.25) is 0 Å². The monoisotopic (exact) mass is 346 g/mol. The van der Waals surface area contributed by atoms with E-state index in [9.17, 15) is 14.3 Å². The van der Waals surface area contributed by atoms with Gasteiger partial charge in [0.1, 0.15) is 17.3 Å². The Hall–Kier alpha value is -2.56. The first-order valence-corrected chi connectivity index (χ1v) is 8.15.